The zero-order chi connectivity index (χ0) is 19.8. The smallest absolute Gasteiger partial charge is 0.264 e. The molecule has 1 saturated heterocycles. The van der Waals surface area contributed by atoms with E-state index < -0.39 is 0 Å². The maximum atomic E-state index is 13.2. The third-order valence-electron chi connectivity index (χ3n) is 5.93. The Bertz CT molecular complexity index is 1040. The van der Waals surface area contributed by atoms with Crippen LogP contribution in [0.25, 0.3) is 10.4 Å². The summed E-state index contributed by atoms with van der Waals surface area (Å²) in [5, 5.41) is 0. The van der Waals surface area contributed by atoms with E-state index in [1.807, 2.05) is 17.0 Å². The van der Waals surface area contributed by atoms with Crippen LogP contribution in [0.1, 0.15) is 20.8 Å². The molecule has 1 amide bonds. The summed E-state index contributed by atoms with van der Waals surface area (Å²) in [7, 11) is 1.70. The number of ether oxygens (including phenoxy) is 1. The van der Waals surface area contributed by atoms with Gasteiger partial charge >= 0.3 is 0 Å². The normalized spacial score (nSPS) is 15.6. The number of amides is 1. The second-order valence-electron chi connectivity index (χ2n) is 7.60. The summed E-state index contributed by atoms with van der Waals surface area (Å²) in [6.07, 6.45) is 1.99. The van der Waals surface area contributed by atoms with E-state index in [2.05, 4.69) is 47.4 Å². The molecule has 2 aliphatic rings. The molecule has 0 bridgehead atoms. The highest BCUT2D eigenvalue weighted by Gasteiger charge is 2.26. The summed E-state index contributed by atoms with van der Waals surface area (Å²) < 4.78 is 5.37. The topological polar surface area (TPSA) is 32.8 Å². The molecule has 0 spiro atoms. The van der Waals surface area contributed by atoms with Crippen molar-refractivity contribution < 1.29 is 9.53 Å². The van der Waals surface area contributed by atoms with Crippen molar-refractivity contribution in [1.29, 1.82) is 0 Å². The van der Waals surface area contributed by atoms with E-state index in [0.717, 1.165) is 49.6 Å². The number of piperazine rings is 1. The summed E-state index contributed by atoms with van der Waals surface area (Å²) in [6.45, 7) is 3.29. The van der Waals surface area contributed by atoms with Gasteiger partial charge in [-0.25, -0.2) is 0 Å². The van der Waals surface area contributed by atoms with Crippen LogP contribution in [0.2, 0.25) is 0 Å². The number of aryl methyl sites for hydroxylation is 2. The lowest BCUT2D eigenvalue weighted by Gasteiger charge is -2.36. The van der Waals surface area contributed by atoms with Gasteiger partial charge in [0.15, 0.2) is 0 Å². The minimum Gasteiger partial charge on any atom is -0.497 e. The largest absolute Gasteiger partial charge is 0.497 e. The lowest BCUT2D eigenvalue weighted by atomic mass is 9.91. The van der Waals surface area contributed by atoms with Crippen molar-refractivity contribution in [3.05, 3.63) is 70.6 Å². The second-order valence-corrected chi connectivity index (χ2v) is 8.66. The Labute approximate surface area is 175 Å². The van der Waals surface area contributed by atoms with Gasteiger partial charge in [0.2, 0.25) is 0 Å². The van der Waals surface area contributed by atoms with Crippen molar-refractivity contribution in [2.24, 2.45) is 0 Å². The van der Waals surface area contributed by atoms with Gasteiger partial charge in [0.25, 0.3) is 5.91 Å². The lowest BCUT2D eigenvalue weighted by Crippen LogP contribution is -2.48. The van der Waals surface area contributed by atoms with E-state index in [1.54, 1.807) is 18.4 Å². The van der Waals surface area contributed by atoms with Crippen LogP contribution in [0.15, 0.2) is 54.6 Å². The average molecular weight is 405 g/mol. The van der Waals surface area contributed by atoms with Crippen molar-refractivity contribution in [3.8, 4) is 16.2 Å². The van der Waals surface area contributed by atoms with Crippen LogP contribution in [0.5, 0.6) is 5.75 Å². The number of hydrogen-bond acceptors (Lipinski definition) is 4. The van der Waals surface area contributed by atoms with Crippen molar-refractivity contribution in [1.82, 2.24) is 4.90 Å². The molecule has 2 heterocycles. The predicted molar refractivity (Wildman–Crippen MR) is 118 cm³/mol. The number of benzene rings is 2. The summed E-state index contributed by atoms with van der Waals surface area (Å²) >= 11 is 1.64. The number of fused-ring (bicyclic) bond motifs is 3. The lowest BCUT2D eigenvalue weighted by molar-refractivity contribution is 0.0751. The van der Waals surface area contributed by atoms with Crippen LogP contribution in [0, 0.1) is 0 Å². The number of thiophene rings is 1. The molecular formula is C24H24N2O2S. The molecule has 5 heteroatoms. The monoisotopic (exact) mass is 404 g/mol. The molecule has 3 aromatic rings. The zero-order valence-electron chi connectivity index (χ0n) is 16.6. The van der Waals surface area contributed by atoms with Crippen molar-refractivity contribution >= 4 is 22.9 Å². The van der Waals surface area contributed by atoms with Gasteiger partial charge in [-0.2, -0.15) is 0 Å². The molecule has 1 aliphatic heterocycles. The molecule has 0 radical (unpaired) electrons. The highest BCUT2D eigenvalue weighted by Crippen LogP contribution is 2.41. The van der Waals surface area contributed by atoms with Crippen LogP contribution >= 0.6 is 11.3 Å². The molecule has 5 rings (SSSR count). The molecule has 4 nitrogen and oxygen atoms in total. The quantitative estimate of drug-likeness (QED) is 0.645. The highest BCUT2D eigenvalue weighted by molar-refractivity contribution is 7.17. The minimum absolute atomic E-state index is 0.173. The van der Waals surface area contributed by atoms with Gasteiger partial charge in [-0.05, 0) is 65.9 Å². The number of carbonyl (C=O) groups is 1. The van der Waals surface area contributed by atoms with E-state index in [4.69, 9.17) is 4.74 Å². The molecule has 0 unspecified atom stereocenters. The molecule has 148 valence electrons. The Morgan fingerprint density at radius 1 is 0.931 bits per heavy atom. The van der Waals surface area contributed by atoms with E-state index in [9.17, 15) is 4.79 Å². The fraction of sp³-hybridized carbons (Fsp3) is 0.292. The first-order valence-electron chi connectivity index (χ1n) is 10.1. The SMILES string of the molecule is COc1ccc2c(c1)CCc1cc(C(=O)N3CCN(c4ccccc4)CC3)sc1-2. The minimum atomic E-state index is 0.173. The molecule has 0 atom stereocenters. The zero-order valence-corrected chi connectivity index (χ0v) is 17.4. The summed E-state index contributed by atoms with van der Waals surface area (Å²) in [4.78, 5) is 19.6. The Morgan fingerprint density at radius 2 is 1.69 bits per heavy atom. The fourth-order valence-electron chi connectivity index (χ4n) is 4.30. The number of carbonyl (C=O) groups excluding carboxylic acids is 1. The first-order valence-corrected chi connectivity index (χ1v) is 10.9. The van der Waals surface area contributed by atoms with Crippen LogP contribution in [-0.4, -0.2) is 44.1 Å². The van der Waals surface area contributed by atoms with Gasteiger partial charge in [-0.3, -0.25) is 4.79 Å². The third-order valence-corrected chi connectivity index (χ3v) is 7.13. The molecular weight excluding hydrogens is 380 g/mol. The van der Waals surface area contributed by atoms with E-state index in [-0.39, 0.29) is 5.91 Å². The van der Waals surface area contributed by atoms with Crippen LogP contribution in [-0.2, 0) is 12.8 Å². The average Bonchev–Trinajstić information content (AvgIpc) is 3.23. The number of para-hydroxylation sites is 1. The first-order chi connectivity index (χ1) is 14.2. The maximum absolute atomic E-state index is 13.2. The van der Waals surface area contributed by atoms with Crippen molar-refractivity contribution in [2.45, 2.75) is 12.8 Å². The Morgan fingerprint density at radius 3 is 2.45 bits per heavy atom. The van der Waals surface area contributed by atoms with Gasteiger partial charge in [0, 0.05) is 36.7 Å². The number of anilines is 1. The van der Waals surface area contributed by atoms with Gasteiger partial charge in [-0.15, -0.1) is 11.3 Å². The third kappa shape index (κ3) is 3.40. The van der Waals surface area contributed by atoms with Crippen molar-refractivity contribution in [2.75, 3.05) is 38.2 Å². The standard InChI is InChI=1S/C24H24N2O2S/c1-28-20-9-10-21-17(15-20)7-8-18-16-22(29-23(18)21)24(27)26-13-11-25(12-14-26)19-5-3-2-4-6-19/h2-6,9-10,15-16H,7-8,11-14H2,1H3. The van der Waals surface area contributed by atoms with Crippen molar-refractivity contribution in [3.63, 3.8) is 0 Å². The Kier molecular flexibility index (Phi) is 4.76. The maximum Gasteiger partial charge on any atom is 0.264 e. The predicted octanol–water partition coefficient (Wildman–Crippen LogP) is 4.48. The number of hydrogen-bond donors (Lipinski definition) is 0. The molecule has 0 N–H and O–H groups in total. The number of methoxy groups -OCH3 is 1. The molecule has 1 aliphatic carbocycles. The van der Waals surface area contributed by atoms with Crippen LogP contribution < -0.4 is 9.64 Å². The molecule has 1 fully saturated rings. The highest BCUT2D eigenvalue weighted by atomic mass is 32.1. The van der Waals surface area contributed by atoms with E-state index in [0.29, 0.717) is 0 Å². The van der Waals surface area contributed by atoms with E-state index >= 15 is 0 Å². The van der Waals surface area contributed by atoms with Gasteiger partial charge in [0.1, 0.15) is 5.75 Å². The van der Waals surface area contributed by atoms with Gasteiger partial charge in [0.05, 0.1) is 12.0 Å². The summed E-state index contributed by atoms with van der Waals surface area (Å²) in [6, 6.07) is 18.8. The Balaban J connectivity index is 1.33. The molecule has 1 aromatic heterocycles. The molecule has 0 saturated carbocycles. The summed E-state index contributed by atoms with van der Waals surface area (Å²) in [5.74, 6) is 1.07. The van der Waals surface area contributed by atoms with Crippen LogP contribution in [0.3, 0.4) is 0 Å². The summed E-state index contributed by atoms with van der Waals surface area (Å²) in [5.41, 5.74) is 5.11. The first kappa shape index (κ1) is 18.3. The molecule has 29 heavy (non-hydrogen) atoms. The van der Waals surface area contributed by atoms with E-state index in [1.165, 1.54) is 27.3 Å². The number of nitrogens with zero attached hydrogens (tertiary/aromatic N) is 2. The fourth-order valence-corrected chi connectivity index (χ4v) is 5.54. The number of rotatable bonds is 3. The van der Waals surface area contributed by atoms with Crippen LogP contribution in [0.4, 0.5) is 5.69 Å². The second kappa shape index (κ2) is 7.56. The molecule has 2 aromatic carbocycles. The van der Waals surface area contributed by atoms with Gasteiger partial charge < -0.3 is 14.5 Å². The van der Waals surface area contributed by atoms with Gasteiger partial charge in [-0.1, -0.05) is 18.2 Å². The Hall–Kier alpha value is -2.79.